The van der Waals surface area contributed by atoms with Gasteiger partial charge in [-0.3, -0.25) is 10.4 Å². The van der Waals surface area contributed by atoms with Crippen molar-refractivity contribution in [3.63, 3.8) is 0 Å². The van der Waals surface area contributed by atoms with E-state index in [0.717, 1.165) is 0 Å². The molecular formula is C6H14N4O. The van der Waals surface area contributed by atoms with Gasteiger partial charge in [0.05, 0.1) is 12.6 Å². The summed E-state index contributed by atoms with van der Waals surface area (Å²) in [7, 11) is 1.78. The Kier molecular flexibility index (Phi) is 2.43. The molecule has 64 valence electrons. The van der Waals surface area contributed by atoms with Gasteiger partial charge in [0.25, 0.3) is 0 Å². The van der Waals surface area contributed by atoms with Crippen molar-refractivity contribution < 1.29 is 5.11 Å². The average Bonchev–Trinajstić information content (AvgIpc) is 2.19. The van der Waals surface area contributed by atoms with Crippen LogP contribution in [0.15, 0.2) is 0 Å². The highest BCUT2D eigenvalue weighted by molar-refractivity contribution is 5.85. The second-order valence-corrected chi connectivity index (χ2v) is 2.65. The van der Waals surface area contributed by atoms with Gasteiger partial charge in [0.2, 0.25) is 0 Å². The molecule has 1 fully saturated rings. The van der Waals surface area contributed by atoms with Crippen LogP contribution in [-0.2, 0) is 0 Å². The lowest BCUT2D eigenvalue weighted by Gasteiger charge is -2.23. The molecule has 1 aliphatic heterocycles. The molecule has 0 aromatic carbocycles. The highest BCUT2D eigenvalue weighted by Crippen LogP contribution is 2.07. The quantitative estimate of drug-likeness (QED) is 0.454. The lowest BCUT2D eigenvalue weighted by molar-refractivity contribution is 0.0757. The van der Waals surface area contributed by atoms with E-state index in [4.69, 9.17) is 16.2 Å². The van der Waals surface area contributed by atoms with Gasteiger partial charge in [-0.15, -0.1) is 0 Å². The Labute approximate surface area is 65.9 Å². The maximum absolute atomic E-state index is 8.64. The third-order valence-corrected chi connectivity index (χ3v) is 1.89. The number of amidine groups is 1. The van der Waals surface area contributed by atoms with Gasteiger partial charge >= 0.3 is 0 Å². The summed E-state index contributed by atoms with van der Waals surface area (Å²) in [5.74, 6) is 0.415. The minimum Gasteiger partial charge on any atom is -0.395 e. The number of β-amino-alcohol motifs (C(OH)–C–C–N with tert-alkyl or cyclic N) is 1. The normalized spacial score (nSPS) is 26.6. The van der Waals surface area contributed by atoms with Crippen LogP contribution >= 0.6 is 0 Å². The van der Waals surface area contributed by atoms with Crippen LogP contribution in [-0.4, -0.2) is 53.7 Å². The van der Waals surface area contributed by atoms with Crippen molar-refractivity contribution in [3.05, 3.63) is 0 Å². The lowest BCUT2D eigenvalue weighted by atomic mass is 10.3. The Morgan fingerprint density at radius 3 is 2.82 bits per heavy atom. The molecule has 1 aliphatic rings. The minimum absolute atomic E-state index is 0.102. The Morgan fingerprint density at radius 2 is 2.45 bits per heavy atom. The molecule has 5 heteroatoms. The standard InChI is InChI=1S/C6H14N4O/c1-9-6(8)5(7)4-10(9)2-3-11/h5,8,11H,2-4,7H2,1H3. The van der Waals surface area contributed by atoms with Crippen molar-refractivity contribution in [2.45, 2.75) is 6.04 Å². The number of likely N-dealkylation sites (N-methyl/N-ethyl adjacent to an activating group) is 1. The number of hydrogen-bond acceptors (Lipinski definition) is 4. The van der Waals surface area contributed by atoms with Gasteiger partial charge < -0.3 is 10.8 Å². The molecule has 0 radical (unpaired) electrons. The first-order valence-corrected chi connectivity index (χ1v) is 3.60. The molecule has 5 nitrogen and oxygen atoms in total. The molecule has 1 unspecified atom stereocenters. The summed E-state index contributed by atoms with van der Waals surface area (Å²) in [5.41, 5.74) is 5.60. The molecule has 4 N–H and O–H groups in total. The molecule has 1 saturated heterocycles. The predicted molar refractivity (Wildman–Crippen MR) is 42.1 cm³/mol. The second kappa shape index (κ2) is 3.17. The topological polar surface area (TPSA) is 76.6 Å². The zero-order valence-electron chi connectivity index (χ0n) is 6.62. The fourth-order valence-corrected chi connectivity index (χ4v) is 1.19. The first-order valence-electron chi connectivity index (χ1n) is 3.60. The third-order valence-electron chi connectivity index (χ3n) is 1.89. The van der Waals surface area contributed by atoms with Gasteiger partial charge in [-0.05, 0) is 0 Å². The maximum atomic E-state index is 8.64. The first-order chi connectivity index (χ1) is 5.16. The fourth-order valence-electron chi connectivity index (χ4n) is 1.19. The van der Waals surface area contributed by atoms with Crippen molar-refractivity contribution in [1.82, 2.24) is 10.0 Å². The number of aliphatic hydroxyl groups is 1. The summed E-state index contributed by atoms with van der Waals surface area (Å²) >= 11 is 0. The average molecular weight is 158 g/mol. The van der Waals surface area contributed by atoms with Crippen LogP contribution in [0.1, 0.15) is 0 Å². The number of nitrogens with zero attached hydrogens (tertiary/aromatic N) is 2. The van der Waals surface area contributed by atoms with Crippen molar-refractivity contribution in [3.8, 4) is 0 Å². The number of aliphatic hydroxyl groups excluding tert-OH is 1. The highest BCUT2D eigenvalue weighted by Gasteiger charge is 2.28. The summed E-state index contributed by atoms with van der Waals surface area (Å²) < 4.78 is 0. The molecule has 0 bridgehead atoms. The Morgan fingerprint density at radius 1 is 1.82 bits per heavy atom. The van der Waals surface area contributed by atoms with E-state index in [1.54, 1.807) is 12.1 Å². The number of rotatable bonds is 2. The van der Waals surface area contributed by atoms with Crippen molar-refractivity contribution in [1.29, 1.82) is 5.41 Å². The van der Waals surface area contributed by atoms with Crippen molar-refractivity contribution in [2.24, 2.45) is 5.73 Å². The third kappa shape index (κ3) is 1.50. The van der Waals surface area contributed by atoms with Gasteiger partial charge in [-0.25, -0.2) is 5.01 Å². The zero-order chi connectivity index (χ0) is 8.43. The molecular weight excluding hydrogens is 144 g/mol. The maximum Gasteiger partial charge on any atom is 0.129 e. The Balaban J connectivity index is 2.52. The number of hydrogen-bond donors (Lipinski definition) is 3. The summed E-state index contributed by atoms with van der Waals surface area (Å²) in [6.45, 7) is 1.28. The smallest absolute Gasteiger partial charge is 0.129 e. The van der Waals surface area contributed by atoms with Gasteiger partial charge in [-0.1, -0.05) is 0 Å². The van der Waals surface area contributed by atoms with E-state index in [0.29, 0.717) is 18.9 Å². The monoisotopic (exact) mass is 158 g/mol. The fraction of sp³-hybridized carbons (Fsp3) is 0.833. The van der Waals surface area contributed by atoms with Gasteiger partial charge in [0.1, 0.15) is 5.84 Å². The van der Waals surface area contributed by atoms with Gasteiger partial charge in [-0.2, -0.15) is 0 Å². The van der Waals surface area contributed by atoms with E-state index in [2.05, 4.69) is 0 Å². The molecule has 1 heterocycles. The van der Waals surface area contributed by atoms with Crippen LogP contribution in [0.4, 0.5) is 0 Å². The molecule has 0 saturated carbocycles. The van der Waals surface area contributed by atoms with E-state index >= 15 is 0 Å². The number of nitrogens with two attached hydrogens (primary N) is 1. The SMILES string of the molecule is CN1C(=N)C(N)CN1CCO. The Hall–Kier alpha value is -0.650. The van der Waals surface area contributed by atoms with Crippen molar-refractivity contribution >= 4 is 5.84 Å². The molecule has 1 atom stereocenters. The van der Waals surface area contributed by atoms with Gasteiger partial charge in [0, 0.05) is 20.1 Å². The largest absolute Gasteiger partial charge is 0.395 e. The highest BCUT2D eigenvalue weighted by atomic mass is 16.3. The molecule has 0 amide bonds. The minimum atomic E-state index is -0.202. The van der Waals surface area contributed by atoms with Crippen LogP contribution in [0, 0.1) is 5.41 Å². The van der Waals surface area contributed by atoms with E-state index in [1.165, 1.54) is 0 Å². The van der Waals surface area contributed by atoms with Crippen LogP contribution in [0.25, 0.3) is 0 Å². The first kappa shape index (κ1) is 8.45. The molecule has 0 aromatic rings. The molecule has 0 spiro atoms. The second-order valence-electron chi connectivity index (χ2n) is 2.65. The summed E-state index contributed by atoms with van der Waals surface area (Å²) in [6, 6.07) is -0.202. The van der Waals surface area contributed by atoms with Crippen LogP contribution < -0.4 is 5.73 Å². The molecule has 0 aromatic heterocycles. The molecule has 1 rings (SSSR count). The van der Waals surface area contributed by atoms with E-state index in [1.807, 2.05) is 5.01 Å². The molecule has 11 heavy (non-hydrogen) atoms. The zero-order valence-corrected chi connectivity index (χ0v) is 6.62. The number of hydrazine groups is 1. The van der Waals surface area contributed by atoms with Crippen molar-refractivity contribution in [2.75, 3.05) is 26.7 Å². The molecule has 0 aliphatic carbocycles. The van der Waals surface area contributed by atoms with E-state index in [-0.39, 0.29) is 12.6 Å². The summed E-state index contributed by atoms with van der Waals surface area (Å²) in [5, 5.41) is 19.6. The number of nitrogens with one attached hydrogen (secondary N) is 1. The predicted octanol–water partition coefficient (Wildman–Crippen LogP) is -1.55. The van der Waals surface area contributed by atoms with Gasteiger partial charge in [0.15, 0.2) is 0 Å². The Bertz CT molecular complexity index is 161. The van der Waals surface area contributed by atoms with Crippen LogP contribution in [0.2, 0.25) is 0 Å². The van der Waals surface area contributed by atoms with Crippen LogP contribution in [0.3, 0.4) is 0 Å². The van der Waals surface area contributed by atoms with E-state index < -0.39 is 0 Å². The summed E-state index contributed by atoms with van der Waals surface area (Å²) in [6.07, 6.45) is 0. The summed E-state index contributed by atoms with van der Waals surface area (Å²) in [4.78, 5) is 0. The van der Waals surface area contributed by atoms with Crippen LogP contribution in [0.5, 0.6) is 0 Å². The lowest BCUT2D eigenvalue weighted by Crippen LogP contribution is -2.37. The van der Waals surface area contributed by atoms with E-state index in [9.17, 15) is 0 Å².